The minimum atomic E-state index is -3.95. The van der Waals surface area contributed by atoms with Crippen molar-refractivity contribution in [3.05, 3.63) is 59.7 Å². The van der Waals surface area contributed by atoms with Crippen LogP contribution in [0, 0.1) is 11.6 Å². The van der Waals surface area contributed by atoms with Crippen molar-refractivity contribution in [2.75, 3.05) is 26.7 Å². The molecule has 2 aromatic rings. The lowest BCUT2D eigenvalue weighted by atomic mass is 10.1. The minimum absolute atomic E-state index is 0.133. The summed E-state index contributed by atoms with van der Waals surface area (Å²) < 4.78 is 59.2. The molecule has 0 spiro atoms. The van der Waals surface area contributed by atoms with Crippen molar-refractivity contribution in [1.82, 2.24) is 9.62 Å². The summed E-state index contributed by atoms with van der Waals surface area (Å²) in [7, 11) is -2.37. The molecule has 5 nitrogen and oxygen atoms in total. The van der Waals surface area contributed by atoms with Gasteiger partial charge in [0, 0.05) is 12.6 Å². The molecule has 1 fully saturated rings. The number of benzene rings is 2. The topological polar surface area (TPSA) is 58.6 Å². The summed E-state index contributed by atoms with van der Waals surface area (Å²) in [6.45, 7) is 1.89. The van der Waals surface area contributed by atoms with Crippen LogP contribution in [-0.2, 0) is 10.0 Å². The number of halogens is 2. The van der Waals surface area contributed by atoms with E-state index in [1.165, 1.54) is 0 Å². The minimum Gasteiger partial charge on any atom is -0.497 e. The van der Waals surface area contributed by atoms with Crippen molar-refractivity contribution in [3.8, 4) is 5.75 Å². The van der Waals surface area contributed by atoms with Crippen molar-refractivity contribution < 1.29 is 21.9 Å². The van der Waals surface area contributed by atoms with Gasteiger partial charge in [0.05, 0.1) is 12.0 Å². The van der Waals surface area contributed by atoms with E-state index in [1.807, 2.05) is 24.3 Å². The summed E-state index contributed by atoms with van der Waals surface area (Å²) >= 11 is 0. The first-order chi connectivity index (χ1) is 12.9. The lowest BCUT2D eigenvalue weighted by molar-refractivity contribution is 0.246. The van der Waals surface area contributed by atoms with Crippen LogP contribution in [0.5, 0.6) is 5.75 Å². The van der Waals surface area contributed by atoms with Crippen LogP contribution in [0.3, 0.4) is 0 Å². The molecule has 146 valence electrons. The predicted molar refractivity (Wildman–Crippen MR) is 98.1 cm³/mol. The predicted octanol–water partition coefficient (Wildman–Crippen LogP) is 3.09. The standard InChI is InChI=1S/C19H22F2N2O3S/c1-26-15-6-4-14(5-7-15)19(23-10-2-3-11-23)13-22-27(24,25)16-8-9-17(20)18(21)12-16/h4-9,12,19,22H,2-3,10-11,13H2,1H3. The first-order valence-electron chi connectivity index (χ1n) is 8.73. The van der Waals surface area contributed by atoms with E-state index in [4.69, 9.17) is 4.74 Å². The van der Waals surface area contributed by atoms with E-state index in [1.54, 1.807) is 7.11 Å². The third-order valence-corrected chi connectivity index (χ3v) is 6.17. The Balaban J connectivity index is 1.80. The number of hydrogen-bond acceptors (Lipinski definition) is 4. The number of rotatable bonds is 7. The highest BCUT2D eigenvalue weighted by molar-refractivity contribution is 7.89. The Bertz CT molecular complexity index is 882. The van der Waals surface area contributed by atoms with Gasteiger partial charge < -0.3 is 4.74 Å². The van der Waals surface area contributed by atoms with Crippen LogP contribution in [0.4, 0.5) is 8.78 Å². The molecule has 0 aromatic heterocycles. The highest BCUT2D eigenvalue weighted by atomic mass is 32.2. The number of sulfonamides is 1. The molecular weight excluding hydrogens is 374 g/mol. The van der Waals surface area contributed by atoms with Gasteiger partial charge in [0.15, 0.2) is 11.6 Å². The molecule has 8 heteroatoms. The Morgan fingerprint density at radius 1 is 1.07 bits per heavy atom. The van der Waals surface area contributed by atoms with Crippen molar-refractivity contribution in [3.63, 3.8) is 0 Å². The van der Waals surface area contributed by atoms with Crippen molar-refractivity contribution in [2.45, 2.75) is 23.8 Å². The molecule has 1 heterocycles. The molecule has 0 amide bonds. The first kappa shape index (κ1) is 19.7. The van der Waals surface area contributed by atoms with Gasteiger partial charge >= 0.3 is 0 Å². The Morgan fingerprint density at radius 3 is 2.33 bits per heavy atom. The molecule has 1 unspecified atom stereocenters. The van der Waals surface area contributed by atoms with E-state index < -0.39 is 21.7 Å². The van der Waals surface area contributed by atoms with Gasteiger partial charge in [0.1, 0.15) is 5.75 Å². The van der Waals surface area contributed by atoms with Crippen LogP contribution in [0.2, 0.25) is 0 Å². The molecule has 3 rings (SSSR count). The van der Waals surface area contributed by atoms with Gasteiger partial charge in [-0.1, -0.05) is 12.1 Å². The monoisotopic (exact) mass is 396 g/mol. The van der Waals surface area contributed by atoms with Gasteiger partial charge in [0.2, 0.25) is 10.0 Å². The van der Waals surface area contributed by atoms with E-state index in [9.17, 15) is 17.2 Å². The Kier molecular flexibility index (Phi) is 6.08. The molecule has 1 aliphatic rings. The third-order valence-electron chi connectivity index (χ3n) is 4.75. The molecule has 0 radical (unpaired) electrons. The molecule has 27 heavy (non-hydrogen) atoms. The number of likely N-dealkylation sites (tertiary alicyclic amines) is 1. The average molecular weight is 396 g/mol. The molecule has 1 N–H and O–H groups in total. The van der Waals surface area contributed by atoms with Crippen molar-refractivity contribution in [2.24, 2.45) is 0 Å². The number of nitrogens with zero attached hydrogens (tertiary/aromatic N) is 1. The van der Waals surface area contributed by atoms with E-state index in [2.05, 4.69) is 9.62 Å². The van der Waals surface area contributed by atoms with Gasteiger partial charge in [-0.15, -0.1) is 0 Å². The second-order valence-electron chi connectivity index (χ2n) is 6.46. The van der Waals surface area contributed by atoms with E-state index in [0.29, 0.717) is 6.07 Å². The summed E-state index contributed by atoms with van der Waals surface area (Å²) in [5.74, 6) is -1.55. The molecule has 0 aliphatic carbocycles. The molecule has 2 aromatic carbocycles. The Labute approximate surface area is 158 Å². The second-order valence-corrected chi connectivity index (χ2v) is 8.23. The van der Waals surface area contributed by atoms with Crippen LogP contribution in [0.1, 0.15) is 24.4 Å². The summed E-state index contributed by atoms with van der Waals surface area (Å²) in [5, 5.41) is 0. The summed E-state index contributed by atoms with van der Waals surface area (Å²) in [5.41, 5.74) is 0.964. The SMILES string of the molecule is COc1ccc(C(CNS(=O)(=O)c2ccc(F)c(F)c2)N2CCCC2)cc1. The van der Waals surface area contributed by atoms with Crippen molar-refractivity contribution >= 4 is 10.0 Å². The third kappa shape index (κ3) is 4.63. The van der Waals surface area contributed by atoms with Crippen LogP contribution in [0.25, 0.3) is 0 Å². The number of methoxy groups -OCH3 is 1. The Hall–Kier alpha value is -2.03. The van der Waals surface area contributed by atoms with E-state index in [0.717, 1.165) is 49.4 Å². The van der Waals surface area contributed by atoms with Gasteiger partial charge in [-0.2, -0.15) is 0 Å². The lowest BCUT2D eigenvalue weighted by Gasteiger charge is -2.28. The highest BCUT2D eigenvalue weighted by Crippen LogP contribution is 2.27. The number of ether oxygens (including phenoxy) is 1. The molecule has 1 atom stereocenters. The van der Waals surface area contributed by atoms with Crippen LogP contribution < -0.4 is 9.46 Å². The van der Waals surface area contributed by atoms with Gasteiger partial charge in [-0.05, 0) is 61.8 Å². The molecule has 1 aliphatic heterocycles. The van der Waals surface area contributed by atoms with Gasteiger partial charge in [-0.25, -0.2) is 21.9 Å². The highest BCUT2D eigenvalue weighted by Gasteiger charge is 2.26. The maximum Gasteiger partial charge on any atom is 0.240 e. The molecule has 0 saturated carbocycles. The molecular formula is C19H22F2N2O3S. The average Bonchev–Trinajstić information content (AvgIpc) is 3.19. The van der Waals surface area contributed by atoms with Gasteiger partial charge in [-0.3, -0.25) is 4.90 Å². The van der Waals surface area contributed by atoms with E-state index in [-0.39, 0.29) is 17.5 Å². The lowest BCUT2D eigenvalue weighted by Crippen LogP contribution is -2.36. The number of hydrogen-bond donors (Lipinski definition) is 1. The zero-order valence-electron chi connectivity index (χ0n) is 15.0. The molecule has 1 saturated heterocycles. The summed E-state index contributed by atoms with van der Waals surface area (Å²) in [6.07, 6.45) is 2.12. The van der Waals surface area contributed by atoms with Gasteiger partial charge in [0.25, 0.3) is 0 Å². The van der Waals surface area contributed by atoms with Crippen LogP contribution in [-0.4, -0.2) is 40.1 Å². The van der Waals surface area contributed by atoms with Crippen LogP contribution >= 0.6 is 0 Å². The largest absolute Gasteiger partial charge is 0.497 e. The van der Waals surface area contributed by atoms with Crippen molar-refractivity contribution in [1.29, 1.82) is 0 Å². The molecule has 0 bridgehead atoms. The first-order valence-corrected chi connectivity index (χ1v) is 10.2. The summed E-state index contributed by atoms with van der Waals surface area (Å²) in [6, 6.07) is 9.89. The summed E-state index contributed by atoms with van der Waals surface area (Å²) in [4.78, 5) is 1.92. The fourth-order valence-electron chi connectivity index (χ4n) is 3.25. The Morgan fingerprint density at radius 2 is 1.74 bits per heavy atom. The van der Waals surface area contributed by atoms with Crippen LogP contribution in [0.15, 0.2) is 47.4 Å². The van der Waals surface area contributed by atoms with E-state index >= 15 is 0 Å². The smallest absolute Gasteiger partial charge is 0.240 e. The zero-order valence-corrected chi connectivity index (χ0v) is 15.8. The maximum atomic E-state index is 13.4. The normalized spacial score (nSPS) is 16.4. The zero-order chi connectivity index (χ0) is 19.4. The maximum absolute atomic E-state index is 13.4. The fourth-order valence-corrected chi connectivity index (χ4v) is 4.30. The second kappa shape index (κ2) is 8.33. The fraction of sp³-hybridized carbons (Fsp3) is 0.368. The number of nitrogens with one attached hydrogen (secondary N) is 1. The quantitative estimate of drug-likeness (QED) is 0.781.